The molecule has 0 aromatic heterocycles. The van der Waals surface area contributed by atoms with Crippen molar-refractivity contribution in [2.24, 2.45) is 0 Å². The topological polar surface area (TPSA) is 46.6 Å². The second-order valence-corrected chi connectivity index (χ2v) is 3.99. The highest BCUT2D eigenvalue weighted by atomic mass is 19.1. The Morgan fingerprint density at radius 3 is 2.67 bits per heavy atom. The number of carbonyl (C=O) groups excluding carboxylic acids is 2. The van der Waals surface area contributed by atoms with Gasteiger partial charge in [-0.25, -0.2) is 4.39 Å². The van der Waals surface area contributed by atoms with Crippen LogP contribution in [0.2, 0.25) is 0 Å². The number of carbonyl (C=O) groups is 2. The molecule has 1 aromatic carbocycles. The van der Waals surface area contributed by atoms with E-state index in [9.17, 15) is 14.0 Å². The van der Waals surface area contributed by atoms with Gasteiger partial charge in [-0.05, 0) is 18.6 Å². The van der Waals surface area contributed by atoms with E-state index in [2.05, 4.69) is 4.74 Å². The average Bonchev–Trinajstić information content (AvgIpc) is 2.37. The number of methoxy groups -OCH3 is 1. The maximum Gasteiger partial charge on any atom is 0.307 e. The summed E-state index contributed by atoms with van der Waals surface area (Å²) < 4.78 is 18.2. The highest BCUT2D eigenvalue weighted by molar-refractivity contribution is 5.94. The summed E-state index contributed by atoms with van der Waals surface area (Å²) in [6, 6.07) is 4.65. The summed E-state index contributed by atoms with van der Waals surface area (Å²) in [6.07, 6.45) is 0.0895. The molecule has 1 rings (SSSR count). The van der Waals surface area contributed by atoms with E-state index < -0.39 is 17.7 Å². The monoisotopic (exact) mass is 253 g/mol. The number of benzene rings is 1. The van der Waals surface area contributed by atoms with Gasteiger partial charge in [-0.3, -0.25) is 9.59 Å². The van der Waals surface area contributed by atoms with Crippen molar-refractivity contribution in [2.45, 2.75) is 13.3 Å². The van der Waals surface area contributed by atoms with Crippen LogP contribution in [-0.2, 0) is 9.53 Å². The number of nitrogens with zero attached hydrogens (tertiary/aromatic N) is 1. The minimum atomic E-state index is -0.521. The lowest BCUT2D eigenvalue weighted by atomic mass is 10.1. The van der Waals surface area contributed by atoms with E-state index in [1.54, 1.807) is 19.1 Å². The third-order valence-corrected chi connectivity index (χ3v) is 2.65. The molecule has 0 saturated heterocycles. The zero-order chi connectivity index (χ0) is 13.7. The van der Waals surface area contributed by atoms with Crippen LogP contribution >= 0.6 is 0 Å². The lowest BCUT2D eigenvalue weighted by Crippen LogP contribution is -2.30. The van der Waals surface area contributed by atoms with Crippen molar-refractivity contribution < 1.29 is 18.7 Å². The van der Waals surface area contributed by atoms with Gasteiger partial charge in [-0.15, -0.1) is 0 Å². The smallest absolute Gasteiger partial charge is 0.307 e. The number of aryl methyl sites for hydroxylation is 1. The van der Waals surface area contributed by atoms with Crippen molar-refractivity contribution >= 4 is 11.9 Å². The van der Waals surface area contributed by atoms with E-state index in [1.807, 2.05) is 0 Å². The van der Waals surface area contributed by atoms with E-state index in [1.165, 1.54) is 25.1 Å². The zero-order valence-corrected chi connectivity index (χ0v) is 10.7. The molecule has 18 heavy (non-hydrogen) atoms. The van der Waals surface area contributed by atoms with Crippen molar-refractivity contribution in [1.82, 2.24) is 4.90 Å². The summed E-state index contributed by atoms with van der Waals surface area (Å²) in [5.74, 6) is -1.37. The van der Waals surface area contributed by atoms with Crippen molar-refractivity contribution in [3.8, 4) is 0 Å². The molecule has 0 N–H and O–H groups in total. The summed E-state index contributed by atoms with van der Waals surface area (Å²) in [6.45, 7) is 1.79. The third kappa shape index (κ3) is 3.29. The van der Waals surface area contributed by atoms with Crippen LogP contribution in [0, 0.1) is 12.7 Å². The van der Waals surface area contributed by atoms with Gasteiger partial charge in [-0.1, -0.05) is 12.1 Å². The van der Waals surface area contributed by atoms with Gasteiger partial charge in [0.2, 0.25) is 0 Å². The predicted molar refractivity (Wildman–Crippen MR) is 64.7 cm³/mol. The van der Waals surface area contributed by atoms with Gasteiger partial charge in [0.1, 0.15) is 5.82 Å². The van der Waals surface area contributed by atoms with E-state index >= 15 is 0 Å². The van der Waals surface area contributed by atoms with Gasteiger partial charge in [0.25, 0.3) is 5.91 Å². The summed E-state index contributed by atoms with van der Waals surface area (Å²) in [7, 11) is 2.80. The molecule has 0 aliphatic carbocycles. The molecule has 0 unspecified atom stereocenters. The maximum absolute atomic E-state index is 13.7. The normalized spacial score (nSPS) is 10.0. The first-order valence-electron chi connectivity index (χ1n) is 5.54. The molecular weight excluding hydrogens is 237 g/mol. The maximum atomic E-state index is 13.7. The van der Waals surface area contributed by atoms with Crippen LogP contribution < -0.4 is 0 Å². The molecule has 0 heterocycles. The Morgan fingerprint density at radius 2 is 2.06 bits per heavy atom. The lowest BCUT2D eigenvalue weighted by Gasteiger charge is -2.17. The Balaban J connectivity index is 2.74. The third-order valence-electron chi connectivity index (χ3n) is 2.65. The summed E-state index contributed by atoms with van der Waals surface area (Å²) in [4.78, 5) is 24.2. The van der Waals surface area contributed by atoms with Gasteiger partial charge in [0, 0.05) is 13.6 Å². The highest BCUT2D eigenvalue weighted by Gasteiger charge is 2.17. The Bertz CT molecular complexity index is 460. The number of hydrogen-bond acceptors (Lipinski definition) is 3. The first-order valence-corrected chi connectivity index (χ1v) is 5.54. The van der Waals surface area contributed by atoms with Crippen LogP contribution in [0.1, 0.15) is 22.3 Å². The largest absolute Gasteiger partial charge is 0.469 e. The van der Waals surface area contributed by atoms with E-state index in [0.717, 1.165) is 0 Å². The van der Waals surface area contributed by atoms with E-state index in [0.29, 0.717) is 5.56 Å². The molecule has 1 amide bonds. The Morgan fingerprint density at radius 1 is 1.39 bits per heavy atom. The molecule has 0 aliphatic rings. The zero-order valence-electron chi connectivity index (χ0n) is 10.7. The molecule has 4 nitrogen and oxygen atoms in total. The molecule has 0 atom stereocenters. The predicted octanol–water partition coefficient (Wildman–Crippen LogP) is 1.77. The summed E-state index contributed by atoms with van der Waals surface area (Å²) in [5.41, 5.74) is 0.435. The second-order valence-electron chi connectivity index (χ2n) is 3.99. The van der Waals surface area contributed by atoms with Crippen molar-refractivity contribution in [3.05, 3.63) is 35.1 Å². The van der Waals surface area contributed by atoms with Crippen LogP contribution in [0.15, 0.2) is 18.2 Å². The first kappa shape index (κ1) is 14.2. The Labute approximate surface area is 105 Å². The molecule has 5 heteroatoms. The number of hydrogen-bond donors (Lipinski definition) is 0. The van der Waals surface area contributed by atoms with Crippen molar-refractivity contribution in [3.63, 3.8) is 0 Å². The van der Waals surface area contributed by atoms with Crippen LogP contribution in [0.3, 0.4) is 0 Å². The number of esters is 1. The van der Waals surface area contributed by atoms with E-state index in [4.69, 9.17) is 0 Å². The van der Waals surface area contributed by atoms with Crippen LogP contribution in [0.25, 0.3) is 0 Å². The quantitative estimate of drug-likeness (QED) is 0.768. The fourth-order valence-corrected chi connectivity index (χ4v) is 1.48. The number of ether oxygens (including phenoxy) is 1. The summed E-state index contributed by atoms with van der Waals surface area (Å²) >= 11 is 0. The molecule has 98 valence electrons. The standard InChI is InChI=1S/C13H16FNO3/c1-9-5-4-6-10(12(9)14)13(17)15(2)8-7-11(16)18-3/h4-6H,7-8H2,1-3H3. The van der Waals surface area contributed by atoms with Gasteiger partial charge < -0.3 is 9.64 Å². The van der Waals surface area contributed by atoms with Gasteiger partial charge in [0.15, 0.2) is 0 Å². The number of rotatable bonds is 4. The van der Waals surface area contributed by atoms with Crippen molar-refractivity contribution in [2.75, 3.05) is 20.7 Å². The molecule has 0 fully saturated rings. The minimum absolute atomic E-state index is 0.0161. The van der Waals surface area contributed by atoms with Gasteiger partial charge in [-0.2, -0.15) is 0 Å². The van der Waals surface area contributed by atoms with Gasteiger partial charge in [0.05, 0.1) is 19.1 Å². The molecule has 1 aromatic rings. The summed E-state index contributed by atoms with van der Waals surface area (Å²) in [5, 5.41) is 0. The Kier molecular flexibility index (Phi) is 4.83. The first-order chi connectivity index (χ1) is 8.47. The fourth-order valence-electron chi connectivity index (χ4n) is 1.48. The number of halogens is 1. The van der Waals surface area contributed by atoms with Crippen molar-refractivity contribution in [1.29, 1.82) is 0 Å². The lowest BCUT2D eigenvalue weighted by molar-refractivity contribution is -0.140. The molecular formula is C13H16FNO3. The Hall–Kier alpha value is -1.91. The molecule has 0 spiro atoms. The number of amides is 1. The SMILES string of the molecule is COC(=O)CCN(C)C(=O)c1cccc(C)c1F. The van der Waals surface area contributed by atoms with E-state index in [-0.39, 0.29) is 18.5 Å². The van der Waals surface area contributed by atoms with Crippen LogP contribution in [0.5, 0.6) is 0 Å². The molecule has 0 radical (unpaired) electrons. The molecule has 0 aliphatic heterocycles. The minimum Gasteiger partial charge on any atom is -0.469 e. The fraction of sp³-hybridized carbons (Fsp3) is 0.385. The molecule has 0 saturated carbocycles. The average molecular weight is 253 g/mol. The molecule has 0 bridgehead atoms. The van der Waals surface area contributed by atoms with Gasteiger partial charge >= 0.3 is 5.97 Å². The highest BCUT2D eigenvalue weighted by Crippen LogP contribution is 2.13. The second kappa shape index (κ2) is 6.14. The van der Waals surface area contributed by atoms with Crippen LogP contribution in [0.4, 0.5) is 4.39 Å². The van der Waals surface area contributed by atoms with Crippen LogP contribution in [-0.4, -0.2) is 37.5 Å².